The van der Waals surface area contributed by atoms with Gasteiger partial charge in [-0.25, -0.2) is 4.98 Å². The lowest BCUT2D eigenvalue weighted by Gasteiger charge is -2.39. The Morgan fingerprint density at radius 1 is 1.03 bits per heavy atom. The third-order valence-corrected chi connectivity index (χ3v) is 9.97. The topological polar surface area (TPSA) is 97.8 Å². The first kappa shape index (κ1) is 23.4. The quantitative estimate of drug-likeness (QED) is 0.306. The Morgan fingerprint density at radius 3 is 2.57 bits per heavy atom. The van der Waals surface area contributed by atoms with E-state index >= 15 is 0 Å². The number of rotatable bonds is 5. The number of nitrogen functional groups attached to an aromatic ring is 1. The summed E-state index contributed by atoms with van der Waals surface area (Å²) in [5, 5.41) is 10.0. The van der Waals surface area contributed by atoms with Crippen LogP contribution in [0.5, 0.6) is 0 Å². The van der Waals surface area contributed by atoms with Crippen molar-refractivity contribution in [2.75, 3.05) is 24.1 Å². The molecule has 3 atom stereocenters. The second kappa shape index (κ2) is 9.22. The van der Waals surface area contributed by atoms with Gasteiger partial charge in [0.2, 0.25) is 17.2 Å². The van der Waals surface area contributed by atoms with Gasteiger partial charge in [-0.1, -0.05) is 18.6 Å². The van der Waals surface area contributed by atoms with Crippen LogP contribution >= 0.6 is 22.9 Å². The predicted octanol–water partition coefficient (Wildman–Crippen LogP) is 5.93. The Kier molecular flexibility index (Phi) is 5.82. The molecule has 3 aromatic heterocycles. The number of hydrogen-bond acceptors (Lipinski definition) is 8. The number of nitrogens with zero attached hydrogens (tertiary/aromatic N) is 6. The summed E-state index contributed by atoms with van der Waals surface area (Å²) in [6.07, 6.45) is 8.39. The van der Waals surface area contributed by atoms with Gasteiger partial charge < -0.3 is 16.0 Å². The van der Waals surface area contributed by atoms with Crippen molar-refractivity contribution in [3.05, 3.63) is 46.1 Å². The second-order valence-electron chi connectivity index (χ2n) is 10.9. The predicted molar refractivity (Wildman–Crippen MR) is 149 cm³/mol. The lowest BCUT2D eigenvalue weighted by molar-refractivity contribution is 0.111. The van der Waals surface area contributed by atoms with Crippen LogP contribution in [0.2, 0.25) is 5.28 Å². The van der Waals surface area contributed by atoms with Gasteiger partial charge in [-0.2, -0.15) is 14.6 Å². The maximum atomic E-state index is 6.22. The SMILES string of the molecule is Cc1csc2c(-n3nc(Nc4ccc(C5CCN(C6CC7CCC6C7)CC5)cc4)nc3N)nc(Cl)nc12. The van der Waals surface area contributed by atoms with E-state index in [4.69, 9.17) is 17.3 Å². The molecule has 3 fully saturated rings. The van der Waals surface area contributed by atoms with Crippen molar-refractivity contribution in [3.63, 3.8) is 0 Å². The highest BCUT2D eigenvalue weighted by molar-refractivity contribution is 7.17. The standard InChI is InChI=1S/C27H31ClN8S/c1-15-14-37-23-22(15)31-25(28)32-24(23)36-26(29)33-27(34-36)30-20-6-4-17(5-7-20)18-8-10-35(11-9-18)21-13-16-2-3-19(21)12-16/h4-7,14,16,18-19,21H,2-3,8-13H2,1H3,(H3,29,30,33,34). The van der Waals surface area contributed by atoms with Crippen molar-refractivity contribution in [2.24, 2.45) is 11.8 Å². The van der Waals surface area contributed by atoms with Gasteiger partial charge in [0.1, 0.15) is 0 Å². The largest absolute Gasteiger partial charge is 0.368 e. The summed E-state index contributed by atoms with van der Waals surface area (Å²) in [6, 6.07) is 9.56. The lowest BCUT2D eigenvalue weighted by atomic mass is 9.86. The monoisotopic (exact) mass is 534 g/mol. The average Bonchev–Trinajstić information content (AvgIpc) is 3.70. The van der Waals surface area contributed by atoms with E-state index in [0.29, 0.717) is 17.7 Å². The highest BCUT2D eigenvalue weighted by Crippen LogP contribution is 2.47. The molecule has 2 saturated carbocycles. The maximum Gasteiger partial charge on any atom is 0.248 e. The average molecular weight is 535 g/mol. The van der Waals surface area contributed by atoms with E-state index in [2.05, 4.69) is 54.5 Å². The number of aromatic nitrogens is 5. The number of nitrogens with two attached hydrogens (primary N) is 1. The van der Waals surface area contributed by atoms with Crippen molar-refractivity contribution < 1.29 is 0 Å². The minimum absolute atomic E-state index is 0.158. The van der Waals surface area contributed by atoms with Crippen LogP contribution < -0.4 is 11.1 Å². The summed E-state index contributed by atoms with van der Waals surface area (Å²) in [5.74, 6) is 3.83. The summed E-state index contributed by atoms with van der Waals surface area (Å²) in [5.41, 5.74) is 10.4. The maximum absolute atomic E-state index is 6.22. The number of nitrogens with one attached hydrogen (secondary N) is 1. The highest BCUT2D eigenvalue weighted by atomic mass is 35.5. The number of fused-ring (bicyclic) bond motifs is 3. The molecule has 8 nitrogen and oxygen atoms in total. The molecule has 0 radical (unpaired) electrons. The van der Waals surface area contributed by atoms with Gasteiger partial charge >= 0.3 is 0 Å². The molecule has 0 amide bonds. The van der Waals surface area contributed by atoms with Gasteiger partial charge in [0.15, 0.2) is 5.82 Å². The van der Waals surface area contributed by atoms with Crippen molar-refractivity contribution in [3.8, 4) is 5.82 Å². The number of piperidine rings is 1. The lowest BCUT2D eigenvalue weighted by Crippen LogP contribution is -2.43. The first-order chi connectivity index (χ1) is 18.0. The number of aryl methyl sites for hydroxylation is 1. The molecule has 192 valence electrons. The van der Waals surface area contributed by atoms with Gasteiger partial charge in [-0.3, -0.25) is 0 Å². The molecule has 1 aliphatic heterocycles. The Morgan fingerprint density at radius 2 is 1.84 bits per heavy atom. The number of anilines is 3. The third-order valence-electron chi connectivity index (χ3n) is 8.72. The van der Waals surface area contributed by atoms with E-state index in [1.165, 1.54) is 61.9 Å². The summed E-state index contributed by atoms with van der Waals surface area (Å²) < 4.78 is 2.40. The van der Waals surface area contributed by atoms with E-state index < -0.39 is 0 Å². The normalized spacial score (nSPS) is 24.3. The zero-order valence-electron chi connectivity index (χ0n) is 20.9. The molecule has 4 heterocycles. The number of thiophene rings is 1. The number of benzene rings is 1. The summed E-state index contributed by atoms with van der Waals surface area (Å²) in [7, 11) is 0. The molecule has 0 spiro atoms. The number of hydrogen-bond donors (Lipinski definition) is 2. The minimum atomic E-state index is 0.158. The molecular formula is C27H31ClN8S. The fourth-order valence-corrected chi connectivity index (χ4v) is 7.98. The summed E-state index contributed by atoms with van der Waals surface area (Å²) >= 11 is 7.73. The van der Waals surface area contributed by atoms with Crippen LogP contribution in [-0.4, -0.2) is 48.8 Å². The van der Waals surface area contributed by atoms with Gasteiger partial charge in [0, 0.05) is 11.7 Å². The second-order valence-corrected chi connectivity index (χ2v) is 12.1. The van der Waals surface area contributed by atoms with Gasteiger partial charge in [0.05, 0.1) is 10.2 Å². The molecule has 3 N–H and O–H groups in total. The van der Waals surface area contributed by atoms with Crippen LogP contribution in [0.3, 0.4) is 0 Å². The van der Waals surface area contributed by atoms with Crippen molar-refractivity contribution in [2.45, 2.75) is 57.4 Å². The van der Waals surface area contributed by atoms with Crippen LogP contribution in [-0.2, 0) is 0 Å². The number of halogens is 1. The molecule has 1 aromatic carbocycles. The fraction of sp³-hybridized carbons (Fsp3) is 0.481. The molecule has 37 heavy (non-hydrogen) atoms. The minimum Gasteiger partial charge on any atom is -0.368 e. The van der Waals surface area contributed by atoms with E-state index in [1.54, 1.807) is 11.3 Å². The molecule has 7 rings (SSSR count). The molecule has 4 aromatic rings. The molecular weight excluding hydrogens is 504 g/mol. The summed E-state index contributed by atoms with van der Waals surface area (Å²) in [6.45, 7) is 4.47. The van der Waals surface area contributed by atoms with Gasteiger partial charge in [0.25, 0.3) is 0 Å². The van der Waals surface area contributed by atoms with Crippen LogP contribution in [0.1, 0.15) is 55.6 Å². The Hall–Kier alpha value is -2.75. The zero-order valence-corrected chi connectivity index (χ0v) is 22.5. The Labute approximate surface area is 225 Å². The Balaban J connectivity index is 1.03. The fourth-order valence-electron chi connectivity index (χ4n) is 6.86. The van der Waals surface area contributed by atoms with Crippen molar-refractivity contribution >= 4 is 50.7 Å². The first-order valence-electron chi connectivity index (χ1n) is 13.3. The smallest absolute Gasteiger partial charge is 0.248 e. The molecule has 1 saturated heterocycles. The molecule has 10 heteroatoms. The van der Waals surface area contributed by atoms with E-state index in [1.807, 2.05) is 12.3 Å². The molecule has 2 bridgehead atoms. The molecule has 3 unspecified atom stereocenters. The van der Waals surface area contributed by atoms with E-state index in [0.717, 1.165) is 39.3 Å². The summed E-state index contributed by atoms with van der Waals surface area (Å²) in [4.78, 5) is 16.0. The highest BCUT2D eigenvalue weighted by Gasteiger charge is 2.42. The number of likely N-dealkylation sites (tertiary alicyclic amines) is 1. The van der Waals surface area contributed by atoms with Crippen molar-refractivity contribution in [1.29, 1.82) is 0 Å². The van der Waals surface area contributed by atoms with Gasteiger partial charge in [-0.05, 0) is 110 Å². The van der Waals surface area contributed by atoms with Crippen molar-refractivity contribution in [1.82, 2.24) is 29.6 Å². The molecule has 2 aliphatic carbocycles. The van der Waals surface area contributed by atoms with Crippen LogP contribution in [0.15, 0.2) is 29.6 Å². The molecule has 3 aliphatic rings. The van der Waals surface area contributed by atoms with Crippen LogP contribution in [0, 0.1) is 18.8 Å². The third kappa shape index (κ3) is 4.27. The van der Waals surface area contributed by atoms with Crippen LogP contribution in [0.4, 0.5) is 17.6 Å². The van der Waals surface area contributed by atoms with Gasteiger partial charge in [-0.15, -0.1) is 16.4 Å². The van der Waals surface area contributed by atoms with Crippen LogP contribution in [0.25, 0.3) is 16.0 Å². The Bertz CT molecular complexity index is 1440. The first-order valence-corrected chi connectivity index (χ1v) is 14.5. The zero-order chi connectivity index (χ0) is 25.1. The van der Waals surface area contributed by atoms with E-state index in [9.17, 15) is 0 Å². The van der Waals surface area contributed by atoms with E-state index in [-0.39, 0.29) is 11.2 Å².